The summed E-state index contributed by atoms with van der Waals surface area (Å²) in [5.74, 6) is 1.29. The third kappa shape index (κ3) is 4.45. The molecule has 0 aliphatic carbocycles. The minimum atomic E-state index is -0.0419. The molecular formula is C17H17N3O3. The maximum absolute atomic E-state index is 11.5. The molecule has 1 N–H and O–H groups in total. The Balaban J connectivity index is 2.06. The molecule has 0 unspecified atom stereocenters. The van der Waals surface area contributed by atoms with Gasteiger partial charge < -0.3 is 14.8 Å². The standard InChI is InChI=1S/C17H17N3O3/c1-3-4-16(21)20-13-6-8-17(19-11-13)23-14-7-5-12(10-18)15(9-14)22-2/h5-9,11H,3-4H2,1-2H3,(H,20,21). The summed E-state index contributed by atoms with van der Waals surface area (Å²) in [5, 5.41) is 11.7. The van der Waals surface area contributed by atoms with Crippen molar-refractivity contribution >= 4 is 11.6 Å². The largest absolute Gasteiger partial charge is 0.495 e. The predicted molar refractivity (Wildman–Crippen MR) is 85.6 cm³/mol. The maximum atomic E-state index is 11.5. The highest BCUT2D eigenvalue weighted by Crippen LogP contribution is 2.27. The number of nitrogens with one attached hydrogen (secondary N) is 1. The zero-order chi connectivity index (χ0) is 16.7. The number of carbonyl (C=O) groups is 1. The van der Waals surface area contributed by atoms with Crippen LogP contribution in [-0.2, 0) is 4.79 Å². The Bertz CT molecular complexity index is 721. The molecule has 1 amide bonds. The zero-order valence-corrected chi connectivity index (χ0v) is 13.0. The smallest absolute Gasteiger partial charge is 0.224 e. The van der Waals surface area contributed by atoms with E-state index in [0.29, 0.717) is 35.1 Å². The number of benzene rings is 1. The number of nitrogens with zero attached hydrogens (tertiary/aromatic N) is 2. The summed E-state index contributed by atoms with van der Waals surface area (Å²) in [4.78, 5) is 15.7. The Morgan fingerprint density at radius 2 is 2.17 bits per heavy atom. The summed E-state index contributed by atoms with van der Waals surface area (Å²) in [6.45, 7) is 1.95. The van der Waals surface area contributed by atoms with Crippen molar-refractivity contribution in [3.05, 3.63) is 42.1 Å². The molecule has 0 radical (unpaired) electrons. The van der Waals surface area contributed by atoms with Crippen LogP contribution >= 0.6 is 0 Å². The van der Waals surface area contributed by atoms with E-state index in [4.69, 9.17) is 14.7 Å². The van der Waals surface area contributed by atoms with E-state index < -0.39 is 0 Å². The second kappa shape index (κ2) is 7.80. The molecule has 0 saturated carbocycles. The van der Waals surface area contributed by atoms with Crippen LogP contribution in [0.3, 0.4) is 0 Å². The quantitative estimate of drug-likeness (QED) is 0.882. The number of carbonyl (C=O) groups excluding carboxylic acids is 1. The lowest BCUT2D eigenvalue weighted by Crippen LogP contribution is -2.10. The molecule has 23 heavy (non-hydrogen) atoms. The number of nitriles is 1. The van der Waals surface area contributed by atoms with E-state index in [9.17, 15) is 4.79 Å². The normalized spacial score (nSPS) is 9.78. The van der Waals surface area contributed by atoms with Gasteiger partial charge >= 0.3 is 0 Å². The molecule has 0 bridgehead atoms. The Kier molecular flexibility index (Phi) is 5.53. The van der Waals surface area contributed by atoms with Crippen molar-refractivity contribution < 1.29 is 14.3 Å². The summed E-state index contributed by atoms with van der Waals surface area (Å²) in [7, 11) is 1.49. The number of methoxy groups -OCH3 is 1. The van der Waals surface area contributed by atoms with Gasteiger partial charge in [0.25, 0.3) is 0 Å². The summed E-state index contributed by atoms with van der Waals surface area (Å²) in [6.07, 6.45) is 2.80. The van der Waals surface area contributed by atoms with Crippen LogP contribution in [0, 0.1) is 11.3 Å². The molecule has 0 aliphatic heterocycles. The van der Waals surface area contributed by atoms with E-state index in [-0.39, 0.29) is 5.91 Å². The number of aromatic nitrogens is 1. The zero-order valence-electron chi connectivity index (χ0n) is 13.0. The molecule has 1 aromatic carbocycles. The molecule has 2 rings (SSSR count). The summed E-state index contributed by atoms with van der Waals surface area (Å²) < 4.78 is 10.7. The molecule has 0 spiro atoms. The van der Waals surface area contributed by atoms with Crippen LogP contribution < -0.4 is 14.8 Å². The Morgan fingerprint density at radius 3 is 2.78 bits per heavy atom. The second-order valence-corrected chi connectivity index (χ2v) is 4.76. The predicted octanol–water partition coefficient (Wildman–Crippen LogP) is 3.49. The molecule has 0 saturated heterocycles. The van der Waals surface area contributed by atoms with E-state index in [1.807, 2.05) is 13.0 Å². The van der Waals surface area contributed by atoms with Crippen LogP contribution in [0.25, 0.3) is 0 Å². The number of hydrogen-bond acceptors (Lipinski definition) is 5. The van der Waals surface area contributed by atoms with Crippen LogP contribution in [0.2, 0.25) is 0 Å². The van der Waals surface area contributed by atoms with Crippen molar-refractivity contribution in [3.63, 3.8) is 0 Å². The van der Waals surface area contributed by atoms with Crippen LogP contribution in [0.5, 0.6) is 17.4 Å². The number of pyridine rings is 1. The highest BCUT2D eigenvalue weighted by atomic mass is 16.5. The van der Waals surface area contributed by atoms with Gasteiger partial charge in [-0.05, 0) is 24.6 Å². The Morgan fingerprint density at radius 1 is 1.35 bits per heavy atom. The first kappa shape index (κ1) is 16.3. The van der Waals surface area contributed by atoms with Crippen LogP contribution in [0.1, 0.15) is 25.3 Å². The Hall–Kier alpha value is -3.07. The van der Waals surface area contributed by atoms with Gasteiger partial charge in [0.1, 0.15) is 17.6 Å². The first-order valence-corrected chi connectivity index (χ1v) is 7.18. The van der Waals surface area contributed by atoms with Crippen molar-refractivity contribution in [1.29, 1.82) is 5.26 Å². The molecule has 0 atom stereocenters. The third-order valence-corrected chi connectivity index (χ3v) is 3.01. The van der Waals surface area contributed by atoms with Crippen molar-refractivity contribution in [1.82, 2.24) is 4.98 Å². The van der Waals surface area contributed by atoms with Crippen molar-refractivity contribution in [2.75, 3.05) is 12.4 Å². The molecule has 0 fully saturated rings. The van der Waals surface area contributed by atoms with Gasteiger partial charge in [-0.1, -0.05) is 6.92 Å². The van der Waals surface area contributed by atoms with Crippen LogP contribution in [-0.4, -0.2) is 18.0 Å². The fourth-order valence-electron chi connectivity index (χ4n) is 1.91. The second-order valence-electron chi connectivity index (χ2n) is 4.76. The molecule has 118 valence electrons. The Labute approximate surface area is 134 Å². The van der Waals surface area contributed by atoms with E-state index in [0.717, 1.165) is 6.42 Å². The highest BCUT2D eigenvalue weighted by Gasteiger charge is 2.07. The summed E-state index contributed by atoms with van der Waals surface area (Å²) in [6, 6.07) is 10.3. The number of rotatable bonds is 6. The molecule has 0 aliphatic rings. The number of ether oxygens (including phenoxy) is 2. The van der Waals surface area contributed by atoms with Gasteiger partial charge in [0.2, 0.25) is 11.8 Å². The van der Waals surface area contributed by atoms with Crippen LogP contribution in [0.15, 0.2) is 36.5 Å². The molecule has 6 nitrogen and oxygen atoms in total. The van der Waals surface area contributed by atoms with Crippen LogP contribution in [0.4, 0.5) is 5.69 Å². The third-order valence-electron chi connectivity index (χ3n) is 3.01. The first-order valence-electron chi connectivity index (χ1n) is 7.18. The van der Waals surface area contributed by atoms with Gasteiger partial charge in [-0.3, -0.25) is 4.79 Å². The lowest BCUT2D eigenvalue weighted by atomic mass is 10.2. The van der Waals surface area contributed by atoms with Crippen molar-refractivity contribution in [2.45, 2.75) is 19.8 Å². The van der Waals surface area contributed by atoms with E-state index in [1.54, 1.807) is 30.3 Å². The minimum Gasteiger partial charge on any atom is -0.495 e. The lowest BCUT2D eigenvalue weighted by molar-refractivity contribution is -0.116. The van der Waals surface area contributed by atoms with Gasteiger partial charge in [0.15, 0.2) is 0 Å². The number of hydrogen-bond donors (Lipinski definition) is 1. The number of anilines is 1. The molecule has 1 heterocycles. The van der Waals surface area contributed by atoms with Gasteiger partial charge in [-0.15, -0.1) is 0 Å². The van der Waals surface area contributed by atoms with E-state index >= 15 is 0 Å². The molecule has 6 heteroatoms. The maximum Gasteiger partial charge on any atom is 0.224 e. The molecule has 2 aromatic rings. The molecular weight excluding hydrogens is 294 g/mol. The summed E-state index contributed by atoms with van der Waals surface area (Å²) >= 11 is 0. The van der Waals surface area contributed by atoms with Crippen molar-refractivity contribution in [3.8, 4) is 23.4 Å². The van der Waals surface area contributed by atoms with Gasteiger partial charge in [0, 0.05) is 18.6 Å². The first-order chi connectivity index (χ1) is 11.2. The summed E-state index contributed by atoms with van der Waals surface area (Å²) in [5.41, 5.74) is 1.05. The van der Waals surface area contributed by atoms with E-state index in [1.165, 1.54) is 13.3 Å². The molecule has 1 aromatic heterocycles. The number of amides is 1. The fourth-order valence-corrected chi connectivity index (χ4v) is 1.91. The average Bonchev–Trinajstić information content (AvgIpc) is 2.56. The van der Waals surface area contributed by atoms with Crippen molar-refractivity contribution in [2.24, 2.45) is 0 Å². The van der Waals surface area contributed by atoms with Gasteiger partial charge in [-0.25, -0.2) is 4.98 Å². The lowest BCUT2D eigenvalue weighted by Gasteiger charge is -2.09. The van der Waals surface area contributed by atoms with E-state index in [2.05, 4.69) is 10.3 Å². The SMILES string of the molecule is CCCC(=O)Nc1ccc(Oc2ccc(C#N)c(OC)c2)nc1. The average molecular weight is 311 g/mol. The topological polar surface area (TPSA) is 84.2 Å². The fraction of sp³-hybridized carbons (Fsp3) is 0.235. The monoisotopic (exact) mass is 311 g/mol. The highest BCUT2D eigenvalue weighted by molar-refractivity contribution is 5.90. The van der Waals surface area contributed by atoms with Gasteiger partial charge in [-0.2, -0.15) is 5.26 Å². The minimum absolute atomic E-state index is 0.0419. The van der Waals surface area contributed by atoms with Gasteiger partial charge in [0.05, 0.1) is 24.6 Å².